The van der Waals surface area contributed by atoms with E-state index in [1.54, 1.807) is 12.1 Å². The van der Waals surface area contributed by atoms with Crippen molar-refractivity contribution in [2.45, 2.75) is 31.8 Å². The van der Waals surface area contributed by atoms with Crippen molar-refractivity contribution >= 4 is 33.9 Å². The number of rotatable bonds is 10. The summed E-state index contributed by atoms with van der Waals surface area (Å²) >= 11 is 3.61. The Kier molecular flexibility index (Phi) is 11.0. The first-order valence-corrected chi connectivity index (χ1v) is 14.2. The fourth-order valence-corrected chi connectivity index (χ4v) is 5.08. The highest BCUT2D eigenvalue weighted by molar-refractivity contribution is 9.10. The van der Waals surface area contributed by atoms with E-state index in [-0.39, 0.29) is 31.6 Å². The Hall–Kier alpha value is -3.83. The average Bonchev–Trinajstić information content (AvgIpc) is 3.82. The van der Waals surface area contributed by atoms with Crippen molar-refractivity contribution in [3.63, 3.8) is 0 Å². The molecule has 222 valence electrons. The average molecular weight is 647 g/mol. The Morgan fingerprint density at radius 2 is 1.67 bits per heavy atom. The molecule has 1 amide bonds. The summed E-state index contributed by atoms with van der Waals surface area (Å²) in [7, 11) is 0. The van der Waals surface area contributed by atoms with Crippen LogP contribution in [0.4, 0.5) is 13.2 Å². The third kappa shape index (κ3) is 8.13. The molecule has 1 aliphatic carbocycles. The molecule has 2 aliphatic rings. The number of carbonyl (C=O) groups excluding carboxylic acids is 1. The third-order valence-electron chi connectivity index (χ3n) is 6.79. The van der Waals surface area contributed by atoms with Gasteiger partial charge in [-0.2, -0.15) is 0 Å². The van der Waals surface area contributed by atoms with Gasteiger partial charge in [0.1, 0.15) is 24.8 Å². The zero-order valence-corrected chi connectivity index (χ0v) is 24.2. The first-order valence-electron chi connectivity index (χ1n) is 13.4. The van der Waals surface area contributed by atoms with Crippen molar-refractivity contribution in [3.05, 3.63) is 99.3 Å². The van der Waals surface area contributed by atoms with Gasteiger partial charge >= 0.3 is 0 Å². The summed E-state index contributed by atoms with van der Waals surface area (Å²) in [4.78, 5) is 24.2. The van der Waals surface area contributed by atoms with Crippen LogP contribution in [0, 0.1) is 17.5 Å². The quantitative estimate of drug-likeness (QED) is 0.209. The van der Waals surface area contributed by atoms with Gasteiger partial charge in [-0.25, -0.2) is 13.2 Å². The second kappa shape index (κ2) is 14.9. The molecule has 0 saturated heterocycles. The molecule has 1 saturated carbocycles. The second-order valence-corrected chi connectivity index (χ2v) is 10.5. The minimum atomic E-state index is -1.10. The Morgan fingerprint density at radius 3 is 2.31 bits per heavy atom. The highest BCUT2D eigenvalue weighted by atomic mass is 79.9. The molecule has 3 aromatic carbocycles. The molecule has 0 aromatic heterocycles. The number of hydrogen-bond donors (Lipinski definition) is 2. The Labute approximate surface area is 250 Å². The number of nitrogens with zero attached hydrogens (tertiary/aromatic N) is 1. The van der Waals surface area contributed by atoms with Crippen LogP contribution in [0.15, 0.2) is 70.7 Å². The predicted molar refractivity (Wildman–Crippen MR) is 155 cm³/mol. The molecule has 5 rings (SSSR count). The van der Waals surface area contributed by atoms with Gasteiger partial charge in [0.2, 0.25) is 0 Å². The van der Waals surface area contributed by atoms with Crippen LogP contribution < -0.4 is 14.8 Å². The van der Waals surface area contributed by atoms with E-state index >= 15 is 0 Å². The molecule has 0 bridgehead atoms. The Morgan fingerprint density at radius 1 is 1.02 bits per heavy atom. The molecule has 2 N–H and O–H groups in total. The van der Waals surface area contributed by atoms with Crippen LogP contribution in [0.5, 0.6) is 11.5 Å². The largest absolute Gasteiger partial charge is 0.490 e. The first kappa shape index (κ1) is 31.1. The lowest BCUT2D eigenvalue weighted by atomic mass is 9.93. The van der Waals surface area contributed by atoms with E-state index in [9.17, 15) is 18.0 Å². The minimum absolute atomic E-state index is 0.0390. The van der Waals surface area contributed by atoms with Gasteiger partial charge in [0, 0.05) is 41.3 Å². The topological polar surface area (TPSA) is 88.1 Å². The monoisotopic (exact) mass is 646 g/mol. The van der Waals surface area contributed by atoms with Crippen molar-refractivity contribution in [3.8, 4) is 11.5 Å². The summed E-state index contributed by atoms with van der Waals surface area (Å²) in [5, 5.41) is 10.2. The number of amides is 1. The van der Waals surface area contributed by atoms with Crippen LogP contribution in [-0.4, -0.2) is 54.7 Å². The summed E-state index contributed by atoms with van der Waals surface area (Å²) in [6, 6.07) is 16.8. The number of nitrogens with one attached hydrogen (secondary N) is 1. The van der Waals surface area contributed by atoms with E-state index in [1.165, 1.54) is 0 Å². The fraction of sp³-hybridized carbons (Fsp3) is 0.290. The Bertz CT molecular complexity index is 1410. The van der Waals surface area contributed by atoms with E-state index in [1.807, 2.05) is 41.3 Å². The number of benzene rings is 3. The van der Waals surface area contributed by atoms with E-state index in [2.05, 4.69) is 21.2 Å². The number of carboxylic acid groups (broad SMARTS) is 1. The summed E-state index contributed by atoms with van der Waals surface area (Å²) in [6.45, 7) is 1.52. The number of halogens is 4. The molecule has 0 unspecified atom stereocenters. The van der Waals surface area contributed by atoms with E-state index in [0.29, 0.717) is 31.0 Å². The van der Waals surface area contributed by atoms with Gasteiger partial charge in [-0.3, -0.25) is 9.59 Å². The van der Waals surface area contributed by atoms with Crippen molar-refractivity contribution in [2.24, 2.45) is 0 Å². The Balaban J connectivity index is 0.00000129. The molecule has 42 heavy (non-hydrogen) atoms. The predicted octanol–water partition coefficient (Wildman–Crippen LogP) is 5.96. The second-order valence-electron chi connectivity index (χ2n) is 9.66. The van der Waals surface area contributed by atoms with Gasteiger partial charge in [0.25, 0.3) is 12.4 Å². The first-order chi connectivity index (χ1) is 20.3. The molecule has 11 heteroatoms. The molecule has 7 nitrogen and oxygen atoms in total. The van der Waals surface area contributed by atoms with Gasteiger partial charge in [0.15, 0.2) is 17.4 Å². The van der Waals surface area contributed by atoms with Gasteiger partial charge < -0.3 is 24.8 Å². The maximum atomic E-state index is 13.8. The number of carbonyl (C=O) groups is 2. The fourth-order valence-electron chi connectivity index (χ4n) is 4.67. The van der Waals surface area contributed by atoms with Gasteiger partial charge in [-0.1, -0.05) is 46.3 Å². The molecule has 0 radical (unpaired) electrons. The molecule has 3 aromatic rings. The summed E-state index contributed by atoms with van der Waals surface area (Å²) in [5.74, 6) is -3.23. The lowest BCUT2D eigenvalue weighted by Gasteiger charge is -2.28. The van der Waals surface area contributed by atoms with Gasteiger partial charge in [-0.15, -0.1) is 0 Å². The normalized spacial score (nSPS) is 14.5. The van der Waals surface area contributed by atoms with E-state index in [0.717, 1.165) is 52.6 Å². The third-order valence-corrected chi connectivity index (χ3v) is 7.56. The van der Waals surface area contributed by atoms with Crippen LogP contribution in [0.25, 0.3) is 5.57 Å². The standard InChI is InChI=1S/C30H28BrF3N2O3.CH2O2/c31-26-4-2-1-3-20(26)18-36(22-7-8-22)30(37)25-17-35-12-11-24(25)19-5-9-23(10-6-19)38-13-14-39-29-27(33)15-21(32)16-28(29)34;2-1-3/h1-6,9-10,15-16,22,35H,7-8,11-14,17-18H2;1H,(H,2,3). The maximum Gasteiger partial charge on any atom is 0.290 e. The summed E-state index contributed by atoms with van der Waals surface area (Å²) in [6.07, 6.45) is 2.77. The minimum Gasteiger partial charge on any atom is -0.490 e. The summed E-state index contributed by atoms with van der Waals surface area (Å²) < 4.78 is 52.2. The number of ether oxygens (including phenoxy) is 2. The van der Waals surface area contributed by atoms with Crippen LogP contribution in [0.2, 0.25) is 0 Å². The van der Waals surface area contributed by atoms with Crippen LogP contribution >= 0.6 is 15.9 Å². The highest BCUT2D eigenvalue weighted by Gasteiger charge is 2.35. The van der Waals surface area contributed by atoms with Crippen molar-refractivity contribution in [2.75, 3.05) is 26.3 Å². The zero-order valence-electron chi connectivity index (χ0n) is 22.6. The van der Waals surface area contributed by atoms with Gasteiger partial charge in [-0.05, 0) is 60.7 Å². The van der Waals surface area contributed by atoms with Crippen molar-refractivity contribution in [1.82, 2.24) is 10.2 Å². The van der Waals surface area contributed by atoms with E-state index in [4.69, 9.17) is 19.4 Å². The lowest BCUT2D eigenvalue weighted by molar-refractivity contribution is -0.128. The smallest absolute Gasteiger partial charge is 0.290 e. The summed E-state index contributed by atoms with van der Waals surface area (Å²) in [5.41, 5.74) is 3.84. The SMILES string of the molecule is O=C(C1=C(c2ccc(OCCOc3c(F)cc(F)cc3F)cc2)CCNC1)N(Cc1ccccc1Br)C1CC1.O=CO. The van der Waals surface area contributed by atoms with Crippen LogP contribution in [0.1, 0.15) is 30.4 Å². The van der Waals surface area contributed by atoms with E-state index < -0.39 is 23.2 Å². The van der Waals surface area contributed by atoms with Crippen molar-refractivity contribution < 1.29 is 37.3 Å². The van der Waals surface area contributed by atoms with Crippen LogP contribution in [-0.2, 0) is 16.1 Å². The molecule has 1 heterocycles. The molecule has 1 aliphatic heterocycles. The molecular weight excluding hydrogens is 617 g/mol. The lowest BCUT2D eigenvalue weighted by Crippen LogP contribution is -2.39. The molecule has 1 fully saturated rings. The maximum absolute atomic E-state index is 13.8. The number of hydrogen-bond acceptors (Lipinski definition) is 5. The van der Waals surface area contributed by atoms with Crippen LogP contribution in [0.3, 0.4) is 0 Å². The molecule has 0 atom stereocenters. The zero-order chi connectivity index (χ0) is 30.1. The molecular formula is C31H30BrF3N2O5. The highest BCUT2D eigenvalue weighted by Crippen LogP contribution is 2.34. The molecule has 0 spiro atoms. The van der Waals surface area contributed by atoms with Gasteiger partial charge in [0.05, 0.1) is 0 Å². The van der Waals surface area contributed by atoms with Crippen molar-refractivity contribution in [1.29, 1.82) is 0 Å².